The highest BCUT2D eigenvalue weighted by molar-refractivity contribution is 6.01. The van der Waals surface area contributed by atoms with Crippen LogP contribution >= 0.6 is 0 Å². The Labute approximate surface area is 112 Å². The van der Waals surface area contributed by atoms with E-state index in [1.54, 1.807) is 30.2 Å². The van der Waals surface area contributed by atoms with Gasteiger partial charge < -0.3 is 4.98 Å². The SMILES string of the molecule is Cn1cc(-c2cc3c(C=O)c([N+](=O)[O-])cnc3[nH]2)cn1. The molecule has 0 aliphatic rings. The first-order valence-electron chi connectivity index (χ1n) is 5.70. The van der Waals surface area contributed by atoms with Crippen molar-refractivity contribution in [3.05, 3.63) is 40.3 Å². The second-order valence-corrected chi connectivity index (χ2v) is 4.28. The molecule has 1 N–H and O–H groups in total. The van der Waals surface area contributed by atoms with E-state index < -0.39 is 4.92 Å². The van der Waals surface area contributed by atoms with Gasteiger partial charge in [-0.2, -0.15) is 5.10 Å². The van der Waals surface area contributed by atoms with Crippen molar-refractivity contribution in [2.24, 2.45) is 7.05 Å². The molecule has 20 heavy (non-hydrogen) atoms. The van der Waals surface area contributed by atoms with Crippen molar-refractivity contribution in [3.63, 3.8) is 0 Å². The summed E-state index contributed by atoms with van der Waals surface area (Å²) in [7, 11) is 1.78. The maximum absolute atomic E-state index is 11.1. The van der Waals surface area contributed by atoms with Gasteiger partial charge in [0.2, 0.25) is 0 Å². The Bertz CT molecular complexity index is 833. The highest BCUT2D eigenvalue weighted by Gasteiger charge is 2.19. The van der Waals surface area contributed by atoms with Crippen LogP contribution in [0.1, 0.15) is 10.4 Å². The van der Waals surface area contributed by atoms with E-state index in [9.17, 15) is 14.9 Å². The highest BCUT2D eigenvalue weighted by atomic mass is 16.6. The predicted octanol–water partition coefficient (Wildman–Crippen LogP) is 1.68. The Kier molecular flexibility index (Phi) is 2.56. The number of carbonyl (C=O) groups excluding carboxylic acids is 1. The zero-order valence-electron chi connectivity index (χ0n) is 10.4. The fourth-order valence-electron chi connectivity index (χ4n) is 2.07. The van der Waals surface area contributed by atoms with E-state index in [0.29, 0.717) is 23.0 Å². The standard InChI is InChI=1S/C12H9N5O3/c1-16-5-7(3-14-16)10-2-8-9(6-18)11(17(19)20)4-13-12(8)15-10/h2-6H,1H3,(H,13,15). The molecule has 0 amide bonds. The Balaban J connectivity index is 2.25. The molecule has 100 valence electrons. The van der Waals surface area contributed by atoms with Crippen LogP contribution < -0.4 is 0 Å². The van der Waals surface area contributed by atoms with Crippen molar-refractivity contribution in [2.45, 2.75) is 0 Å². The van der Waals surface area contributed by atoms with Crippen LogP contribution in [0.15, 0.2) is 24.7 Å². The summed E-state index contributed by atoms with van der Waals surface area (Å²) in [6.07, 6.45) is 5.00. The highest BCUT2D eigenvalue weighted by Crippen LogP contribution is 2.28. The number of H-pyrrole nitrogens is 1. The third-order valence-electron chi connectivity index (χ3n) is 3.01. The monoisotopic (exact) mass is 271 g/mol. The molecular weight excluding hydrogens is 262 g/mol. The van der Waals surface area contributed by atoms with Crippen LogP contribution in [0.2, 0.25) is 0 Å². The first-order chi connectivity index (χ1) is 9.60. The Morgan fingerprint density at radius 1 is 1.45 bits per heavy atom. The summed E-state index contributed by atoms with van der Waals surface area (Å²) in [6, 6.07) is 1.66. The number of rotatable bonds is 3. The summed E-state index contributed by atoms with van der Waals surface area (Å²) in [6.45, 7) is 0. The van der Waals surface area contributed by atoms with Crippen molar-refractivity contribution >= 4 is 23.0 Å². The number of carbonyl (C=O) groups is 1. The molecule has 0 aromatic carbocycles. The summed E-state index contributed by atoms with van der Waals surface area (Å²) in [5, 5.41) is 15.4. The molecule has 3 heterocycles. The van der Waals surface area contributed by atoms with E-state index in [1.807, 2.05) is 0 Å². The van der Waals surface area contributed by atoms with Crippen molar-refractivity contribution in [2.75, 3.05) is 0 Å². The average Bonchev–Trinajstić information content (AvgIpc) is 3.02. The summed E-state index contributed by atoms with van der Waals surface area (Å²) in [5.41, 5.74) is 1.65. The zero-order chi connectivity index (χ0) is 14.3. The van der Waals surface area contributed by atoms with Crippen LogP contribution in [0.25, 0.3) is 22.3 Å². The maximum Gasteiger partial charge on any atom is 0.298 e. The number of fused-ring (bicyclic) bond motifs is 1. The van der Waals surface area contributed by atoms with Gasteiger partial charge in [-0.15, -0.1) is 0 Å². The third kappa shape index (κ3) is 1.74. The van der Waals surface area contributed by atoms with Gasteiger partial charge in [-0.3, -0.25) is 19.6 Å². The minimum atomic E-state index is -0.618. The number of nitrogens with zero attached hydrogens (tertiary/aromatic N) is 4. The molecule has 0 saturated carbocycles. The van der Waals surface area contributed by atoms with Crippen LogP contribution in [-0.2, 0) is 7.05 Å². The molecule has 0 unspecified atom stereocenters. The van der Waals surface area contributed by atoms with Gasteiger partial charge in [0.05, 0.1) is 16.8 Å². The van der Waals surface area contributed by atoms with Gasteiger partial charge >= 0.3 is 0 Å². The molecule has 8 heteroatoms. The van der Waals surface area contributed by atoms with E-state index in [-0.39, 0.29) is 11.3 Å². The minimum absolute atomic E-state index is 0.0198. The third-order valence-corrected chi connectivity index (χ3v) is 3.01. The minimum Gasteiger partial charge on any atom is -0.339 e. The molecule has 8 nitrogen and oxygen atoms in total. The lowest BCUT2D eigenvalue weighted by Gasteiger charge is -1.95. The van der Waals surface area contributed by atoms with Gasteiger partial charge in [-0.1, -0.05) is 0 Å². The van der Waals surface area contributed by atoms with E-state index in [4.69, 9.17) is 0 Å². The first-order valence-corrected chi connectivity index (χ1v) is 5.70. The molecule has 0 bridgehead atoms. The summed E-state index contributed by atoms with van der Waals surface area (Å²) in [4.78, 5) is 28.4. The number of aryl methyl sites for hydroxylation is 1. The molecule has 0 aliphatic heterocycles. The van der Waals surface area contributed by atoms with Crippen molar-refractivity contribution in [3.8, 4) is 11.3 Å². The van der Waals surface area contributed by atoms with E-state index in [1.165, 1.54) is 0 Å². The maximum atomic E-state index is 11.1. The predicted molar refractivity (Wildman–Crippen MR) is 70.3 cm³/mol. The zero-order valence-corrected chi connectivity index (χ0v) is 10.4. The van der Waals surface area contributed by atoms with Crippen LogP contribution in [0, 0.1) is 10.1 Å². The number of pyridine rings is 1. The lowest BCUT2D eigenvalue weighted by molar-refractivity contribution is -0.385. The summed E-state index contributed by atoms with van der Waals surface area (Å²) >= 11 is 0. The van der Waals surface area contributed by atoms with Crippen LogP contribution in [0.5, 0.6) is 0 Å². The molecule has 0 aliphatic carbocycles. The quantitative estimate of drug-likeness (QED) is 0.443. The number of aldehydes is 1. The molecule has 3 aromatic heterocycles. The van der Waals surface area contributed by atoms with Crippen molar-refractivity contribution in [1.82, 2.24) is 19.7 Å². The molecule has 0 saturated heterocycles. The number of hydrogen-bond acceptors (Lipinski definition) is 5. The second kappa shape index (κ2) is 4.26. The van der Waals surface area contributed by atoms with E-state index >= 15 is 0 Å². The van der Waals surface area contributed by atoms with Gasteiger partial charge in [0.25, 0.3) is 5.69 Å². The molecular formula is C12H9N5O3. The molecule has 3 aromatic rings. The van der Waals surface area contributed by atoms with Crippen molar-refractivity contribution in [1.29, 1.82) is 0 Å². The molecule has 0 fully saturated rings. The van der Waals surface area contributed by atoms with E-state index in [2.05, 4.69) is 15.1 Å². The topological polar surface area (TPSA) is 107 Å². The molecule has 0 radical (unpaired) electrons. The summed E-state index contributed by atoms with van der Waals surface area (Å²) < 4.78 is 1.64. The lowest BCUT2D eigenvalue weighted by atomic mass is 10.1. The Hall–Kier alpha value is -3.03. The van der Waals surface area contributed by atoms with Gasteiger partial charge in [0, 0.05) is 24.2 Å². The first kappa shape index (κ1) is 12.0. The Morgan fingerprint density at radius 2 is 2.25 bits per heavy atom. The number of hydrogen-bond donors (Lipinski definition) is 1. The van der Waals surface area contributed by atoms with Crippen molar-refractivity contribution < 1.29 is 9.72 Å². The van der Waals surface area contributed by atoms with Crippen LogP contribution in [0.4, 0.5) is 5.69 Å². The normalized spacial score (nSPS) is 10.8. The summed E-state index contributed by atoms with van der Waals surface area (Å²) in [5.74, 6) is 0. The van der Waals surface area contributed by atoms with Gasteiger partial charge in [-0.25, -0.2) is 4.98 Å². The number of aromatic nitrogens is 4. The number of aromatic amines is 1. The lowest BCUT2D eigenvalue weighted by Crippen LogP contribution is -1.96. The number of nitrogens with one attached hydrogen (secondary N) is 1. The largest absolute Gasteiger partial charge is 0.339 e. The average molecular weight is 271 g/mol. The van der Waals surface area contributed by atoms with E-state index in [0.717, 1.165) is 11.8 Å². The van der Waals surface area contributed by atoms with Gasteiger partial charge in [0.1, 0.15) is 17.4 Å². The van der Waals surface area contributed by atoms with Crippen LogP contribution in [0.3, 0.4) is 0 Å². The van der Waals surface area contributed by atoms with Crippen LogP contribution in [-0.4, -0.2) is 31.0 Å². The van der Waals surface area contributed by atoms with Gasteiger partial charge in [-0.05, 0) is 6.07 Å². The fourth-order valence-corrected chi connectivity index (χ4v) is 2.07. The molecule has 3 rings (SSSR count). The smallest absolute Gasteiger partial charge is 0.298 e. The fraction of sp³-hybridized carbons (Fsp3) is 0.0833. The second-order valence-electron chi connectivity index (χ2n) is 4.28. The Morgan fingerprint density at radius 3 is 2.85 bits per heavy atom. The molecule has 0 spiro atoms. The molecule has 0 atom stereocenters. The van der Waals surface area contributed by atoms with Gasteiger partial charge in [0.15, 0.2) is 6.29 Å². The number of nitro groups is 1.